The van der Waals surface area contributed by atoms with Crippen LogP contribution in [0.3, 0.4) is 0 Å². The van der Waals surface area contributed by atoms with Crippen molar-refractivity contribution in [2.45, 2.75) is 33.2 Å². The van der Waals surface area contributed by atoms with Crippen molar-refractivity contribution in [2.75, 3.05) is 25.0 Å². The Morgan fingerprint density at radius 1 is 1.29 bits per heavy atom. The van der Waals surface area contributed by atoms with E-state index in [4.69, 9.17) is 9.97 Å². The van der Waals surface area contributed by atoms with Crippen LogP contribution < -0.4 is 4.90 Å². The molecule has 1 aromatic carbocycles. The molecule has 1 saturated heterocycles. The molecule has 0 saturated carbocycles. The van der Waals surface area contributed by atoms with Crippen molar-refractivity contribution < 1.29 is 4.79 Å². The first-order chi connectivity index (χ1) is 13.5. The third-order valence-electron chi connectivity index (χ3n) is 5.46. The molecule has 1 fully saturated rings. The highest BCUT2D eigenvalue weighted by Crippen LogP contribution is 2.25. The largest absolute Gasteiger partial charge is 0.341 e. The summed E-state index contributed by atoms with van der Waals surface area (Å²) < 4.78 is 0. The molecule has 1 aliphatic heterocycles. The molecule has 4 rings (SSSR count). The van der Waals surface area contributed by atoms with Gasteiger partial charge in [-0.15, -0.1) is 0 Å². The van der Waals surface area contributed by atoms with E-state index in [1.165, 1.54) is 11.1 Å². The van der Waals surface area contributed by atoms with Gasteiger partial charge in [-0.3, -0.25) is 4.79 Å². The number of carbonyl (C=O) groups is 1. The molecule has 0 unspecified atom stereocenters. The Bertz CT molecular complexity index is 986. The summed E-state index contributed by atoms with van der Waals surface area (Å²) in [6, 6.07) is 8.37. The van der Waals surface area contributed by atoms with E-state index in [1.54, 1.807) is 11.3 Å². The van der Waals surface area contributed by atoms with Gasteiger partial charge in [0.2, 0.25) is 11.9 Å². The molecule has 28 heavy (non-hydrogen) atoms. The number of hydrogen-bond donors (Lipinski definition) is 0. The zero-order valence-electron chi connectivity index (χ0n) is 16.7. The number of anilines is 1. The summed E-state index contributed by atoms with van der Waals surface area (Å²) >= 11 is 1.67. The average Bonchev–Trinajstić information content (AvgIpc) is 3.20. The van der Waals surface area contributed by atoms with Crippen LogP contribution in [0, 0.1) is 19.8 Å². The zero-order chi connectivity index (χ0) is 19.7. The second-order valence-corrected chi connectivity index (χ2v) is 8.52. The molecule has 0 bridgehead atoms. The van der Waals surface area contributed by atoms with E-state index in [9.17, 15) is 4.79 Å². The Morgan fingerprint density at radius 2 is 2.14 bits per heavy atom. The average molecular weight is 395 g/mol. The Morgan fingerprint density at radius 3 is 2.93 bits per heavy atom. The van der Waals surface area contributed by atoms with Crippen molar-refractivity contribution in [3.63, 3.8) is 0 Å². The third-order valence-corrected chi connectivity index (χ3v) is 6.19. The highest BCUT2D eigenvalue weighted by atomic mass is 32.1. The van der Waals surface area contributed by atoms with Crippen LogP contribution in [-0.2, 0) is 11.3 Å². The summed E-state index contributed by atoms with van der Waals surface area (Å²) in [7, 11) is 1.90. The maximum atomic E-state index is 13.0. The van der Waals surface area contributed by atoms with Crippen molar-refractivity contribution in [1.29, 1.82) is 0 Å². The molecule has 0 radical (unpaired) electrons. The molecular formula is C22H26N4OS. The van der Waals surface area contributed by atoms with Crippen LogP contribution >= 0.6 is 11.3 Å². The van der Waals surface area contributed by atoms with E-state index in [2.05, 4.69) is 46.8 Å². The van der Waals surface area contributed by atoms with E-state index >= 15 is 0 Å². The second-order valence-electron chi connectivity index (χ2n) is 7.74. The predicted octanol–water partition coefficient (Wildman–Crippen LogP) is 4.18. The van der Waals surface area contributed by atoms with E-state index in [0.29, 0.717) is 13.1 Å². The lowest BCUT2D eigenvalue weighted by Gasteiger charge is -2.34. The Labute approximate surface area is 170 Å². The SMILES string of the molecule is Cc1ccc2c(C)nc(N3CCC[C@H](C(=O)N(C)Cc4ccsc4)C3)nc2c1. The fourth-order valence-electron chi connectivity index (χ4n) is 3.93. The number of thiophene rings is 1. The standard InChI is InChI=1S/C22H26N4OS/c1-15-6-7-19-16(2)23-22(24-20(19)11-15)26-9-4-5-18(13-26)21(27)25(3)12-17-8-10-28-14-17/h6-8,10-11,14,18H,4-5,9,12-13H2,1-3H3/t18-/m0/s1. The molecule has 0 aliphatic carbocycles. The predicted molar refractivity (Wildman–Crippen MR) is 115 cm³/mol. The quantitative estimate of drug-likeness (QED) is 0.666. The summed E-state index contributed by atoms with van der Waals surface area (Å²) in [5.74, 6) is 0.951. The summed E-state index contributed by atoms with van der Waals surface area (Å²) in [6.45, 7) is 6.36. The third kappa shape index (κ3) is 3.87. The van der Waals surface area contributed by atoms with Gasteiger partial charge in [-0.1, -0.05) is 12.1 Å². The molecule has 1 atom stereocenters. The van der Waals surface area contributed by atoms with E-state index in [-0.39, 0.29) is 11.8 Å². The van der Waals surface area contributed by atoms with Crippen LogP contribution in [0.15, 0.2) is 35.0 Å². The number of amides is 1. The van der Waals surface area contributed by atoms with Gasteiger partial charge in [-0.05, 0) is 60.7 Å². The molecule has 5 nitrogen and oxygen atoms in total. The normalized spacial score (nSPS) is 17.1. The minimum absolute atomic E-state index is 0.00509. The summed E-state index contributed by atoms with van der Waals surface area (Å²) in [5.41, 5.74) is 4.35. The number of nitrogens with zero attached hydrogens (tertiary/aromatic N) is 4. The molecule has 2 aromatic heterocycles. The number of benzene rings is 1. The Balaban J connectivity index is 1.52. The molecule has 1 amide bonds. The number of aryl methyl sites for hydroxylation is 2. The lowest BCUT2D eigenvalue weighted by atomic mass is 9.96. The molecule has 0 N–H and O–H groups in total. The number of hydrogen-bond acceptors (Lipinski definition) is 5. The monoisotopic (exact) mass is 394 g/mol. The minimum atomic E-state index is -0.00509. The number of fused-ring (bicyclic) bond motifs is 1. The highest BCUT2D eigenvalue weighted by molar-refractivity contribution is 7.07. The van der Waals surface area contributed by atoms with Crippen LogP contribution in [0.4, 0.5) is 5.95 Å². The molecule has 6 heteroatoms. The van der Waals surface area contributed by atoms with Crippen molar-refractivity contribution >= 4 is 34.1 Å². The van der Waals surface area contributed by atoms with E-state index in [1.807, 2.05) is 18.9 Å². The first kappa shape index (κ1) is 18.9. The first-order valence-electron chi connectivity index (χ1n) is 9.77. The van der Waals surface area contributed by atoms with Gasteiger partial charge >= 0.3 is 0 Å². The van der Waals surface area contributed by atoms with Crippen LogP contribution in [0.1, 0.15) is 29.7 Å². The van der Waals surface area contributed by atoms with E-state index in [0.717, 1.165) is 41.9 Å². The molecule has 146 valence electrons. The highest BCUT2D eigenvalue weighted by Gasteiger charge is 2.29. The van der Waals surface area contributed by atoms with E-state index < -0.39 is 0 Å². The molecule has 3 aromatic rings. The molecule has 3 heterocycles. The summed E-state index contributed by atoms with van der Waals surface area (Å²) in [4.78, 5) is 26.6. The summed E-state index contributed by atoms with van der Waals surface area (Å²) in [5, 5.41) is 5.25. The molecule has 0 spiro atoms. The lowest BCUT2D eigenvalue weighted by Crippen LogP contribution is -2.44. The fourth-order valence-corrected chi connectivity index (χ4v) is 4.59. The maximum absolute atomic E-state index is 13.0. The number of rotatable bonds is 4. The number of carbonyl (C=O) groups excluding carboxylic acids is 1. The Kier molecular flexibility index (Phi) is 5.31. The Hall–Kier alpha value is -2.47. The van der Waals surface area contributed by atoms with Gasteiger partial charge < -0.3 is 9.80 Å². The van der Waals surface area contributed by atoms with Crippen molar-refractivity contribution in [3.8, 4) is 0 Å². The van der Waals surface area contributed by atoms with Crippen LogP contribution in [0.2, 0.25) is 0 Å². The summed E-state index contributed by atoms with van der Waals surface area (Å²) in [6.07, 6.45) is 1.91. The van der Waals surface area contributed by atoms with Crippen molar-refractivity contribution in [2.24, 2.45) is 5.92 Å². The lowest BCUT2D eigenvalue weighted by molar-refractivity contribution is -0.135. The number of piperidine rings is 1. The van der Waals surface area contributed by atoms with Crippen LogP contribution in [0.25, 0.3) is 10.9 Å². The van der Waals surface area contributed by atoms with Crippen LogP contribution in [-0.4, -0.2) is 40.9 Å². The van der Waals surface area contributed by atoms with Gasteiger partial charge in [0, 0.05) is 32.1 Å². The molecular weight excluding hydrogens is 368 g/mol. The van der Waals surface area contributed by atoms with Crippen molar-refractivity contribution in [3.05, 3.63) is 51.8 Å². The van der Waals surface area contributed by atoms with Crippen LogP contribution in [0.5, 0.6) is 0 Å². The van der Waals surface area contributed by atoms with Gasteiger partial charge in [-0.2, -0.15) is 11.3 Å². The van der Waals surface area contributed by atoms with Gasteiger partial charge in [0.25, 0.3) is 0 Å². The van der Waals surface area contributed by atoms with Gasteiger partial charge in [-0.25, -0.2) is 9.97 Å². The fraction of sp³-hybridized carbons (Fsp3) is 0.409. The topological polar surface area (TPSA) is 49.3 Å². The van der Waals surface area contributed by atoms with Gasteiger partial charge in [0.15, 0.2) is 0 Å². The van der Waals surface area contributed by atoms with Gasteiger partial charge in [0.1, 0.15) is 0 Å². The second kappa shape index (κ2) is 7.87. The number of aromatic nitrogens is 2. The van der Waals surface area contributed by atoms with Gasteiger partial charge in [0.05, 0.1) is 17.1 Å². The smallest absolute Gasteiger partial charge is 0.227 e. The zero-order valence-corrected chi connectivity index (χ0v) is 17.5. The first-order valence-corrected chi connectivity index (χ1v) is 10.7. The maximum Gasteiger partial charge on any atom is 0.227 e. The van der Waals surface area contributed by atoms with Crippen molar-refractivity contribution in [1.82, 2.24) is 14.9 Å². The molecule has 1 aliphatic rings. The minimum Gasteiger partial charge on any atom is -0.341 e.